The van der Waals surface area contributed by atoms with Gasteiger partial charge in [0.05, 0.1) is 5.54 Å². The molecule has 3 aliphatic carbocycles. The van der Waals surface area contributed by atoms with E-state index in [1.54, 1.807) is 16.7 Å². The first kappa shape index (κ1) is 13.9. The highest BCUT2D eigenvalue weighted by Gasteiger charge is 2.53. The molecule has 1 nitrogen and oxygen atoms in total. The van der Waals surface area contributed by atoms with Gasteiger partial charge in [-0.15, -0.1) is 0 Å². The first-order valence-electron chi connectivity index (χ1n) is 9.31. The van der Waals surface area contributed by atoms with Gasteiger partial charge < -0.3 is 5.32 Å². The highest BCUT2D eigenvalue weighted by atomic mass is 15.0. The molecule has 5 rings (SSSR count). The van der Waals surface area contributed by atoms with Crippen LogP contribution in [0.4, 0.5) is 5.69 Å². The Labute approximate surface area is 139 Å². The van der Waals surface area contributed by atoms with Crippen molar-refractivity contribution in [3.63, 3.8) is 0 Å². The van der Waals surface area contributed by atoms with E-state index in [0.717, 1.165) is 11.8 Å². The van der Waals surface area contributed by atoms with Gasteiger partial charge in [0.1, 0.15) is 0 Å². The fourth-order valence-electron chi connectivity index (χ4n) is 6.45. The van der Waals surface area contributed by atoms with Crippen LogP contribution in [-0.2, 0) is 0 Å². The van der Waals surface area contributed by atoms with Crippen LogP contribution in [0.5, 0.6) is 0 Å². The number of fused-ring (bicyclic) bond motifs is 3. The Morgan fingerprint density at radius 3 is 2.74 bits per heavy atom. The largest absolute Gasteiger partial charge is 0.375 e. The molecule has 1 aliphatic heterocycles. The summed E-state index contributed by atoms with van der Waals surface area (Å²) in [6, 6.07) is 9.01. The molecular formula is C22H27N. The van der Waals surface area contributed by atoms with Crippen LogP contribution in [0.15, 0.2) is 41.5 Å². The summed E-state index contributed by atoms with van der Waals surface area (Å²) in [5.74, 6) is 1.56. The summed E-state index contributed by atoms with van der Waals surface area (Å²) in [4.78, 5) is 0. The number of nitrogens with one attached hydrogen (secondary N) is 1. The fourth-order valence-corrected chi connectivity index (χ4v) is 6.45. The normalized spacial score (nSPS) is 40.7. The molecule has 120 valence electrons. The first-order valence-corrected chi connectivity index (χ1v) is 9.31. The van der Waals surface area contributed by atoms with E-state index < -0.39 is 0 Å². The number of allylic oxidation sites excluding steroid dienone is 2. The minimum Gasteiger partial charge on any atom is -0.375 e. The molecule has 0 amide bonds. The quantitative estimate of drug-likeness (QED) is 0.638. The highest BCUT2D eigenvalue weighted by Crippen LogP contribution is 2.61. The molecule has 1 N–H and O–H groups in total. The summed E-state index contributed by atoms with van der Waals surface area (Å²) in [5.41, 5.74) is 8.42. The van der Waals surface area contributed by atoms with Crippen LogP contribution < -0.4 is 5.32 Å². The third-order valence-corrected chi connectivity index (χ3v) is 6.59. The monoisotopic (exact) mass is 305 g/mol. The summed E-state index contributed by atoms with van der Waals surface area (Å²) in [6.45, 7) is 7.37. The first-order chi connectivity index (χ1) is 11.0. The highest BCUT2D eigenvalue weighted by molar-refractivity contribution is 5.88. The summed E-state index contributed by atoms with van der Waals surface area (Å²) in [5, 5.41) is 4.04. The smallest absolute Gasteiger partial charge is 0.0641 e. The summed E-state index contributed by atoms with van der Waals surface area (Å²) >= 11 is 0. The van der Waals surface area contributed by atoms with Gasteiger partial charge in [-0.3, -0.25) is 0 Å². The van der Waals surface area contributed by atoms with Crippen molar-refractivity contribution < 1.29 is 0 Å². The molecule has 4 unspecified atom stereocenters. The lowest BCUT2D eigenvalue weighted by molar-refractivity contribution is 0.153. The predicted molar refractivity (Wildman–Crippen MR) is 97.3 cm³/mol. The van der Waals surface area contributed by atoms with Crippen LogP contribution >= 0.6 is 0 Å². The van der Waals surface area contributed by atoms with Gasteiger partial charge in [0.25, 0.3) is 0 Å². The van der Waals surface area contributed by atoms with Crippen LogP contribution in [0.25, 0.3) is 5.57 Å². The van der Waals surface area contributed by atoms with Gasteiger partial charge in [-0.05, 0) is 72.1 Å². The van der Waals surface area contributed by atoms with E-state index in [0.29, 0.717) is 5.41 Å². The van der Waals surface area contributed by atoms with Gasteiger partial charge in [0.2, 0.25) is 0 Å². The maximum Gasteiger partial charge on any atom is 0.0641 e. The van der Waals surface area contributed by atoms with Gasteiger partial charge in [-0.25, -0.2) is 0 Å². The molecule has 1 spiro atoms. The van der Waals surface area contributed by atoms with Crippen LogP contribution in [0.1, 0.15) is 58.4 Å². The van der Waals surface area contributed by atoms with Crippen LogP contribution in [0.2, 0.25) is 0 Å². The average Bonchev–Trinajstić information content (AvgIpc) is 2.44. The Balaban J connectivity index is 1.82. The number of anilines is 1. The molecule has 1 saturated carbocycles. The molecule has 1 heterocycles. The zero-order chi connectivity index (χ0) is 15.8. The minimum atomic E-state index is 0.195. The van der Waals surface area contributed by atoms with E-state index in [1.807, 2.05) is 0 Å². The number of rotatable bonds is 0. The molecular weight excluding hydrogens is 278 g/mol. The summed E-state index contributed by atoms with van der Waals surface area (Å²) in [7, 11) is 0. The third kappa shape index (κ3) is 1.86. The molecule has 1 heteroatoms. The summed E-state index contributed by atoms with van der Waals surface area (Å²) in [6.07, 6.45) is 9.10. The van der Waals surface area contributed by atoms with E-state index in [9.17, 15) is 0 Å². The molecule has 1 fully saturated rings. The van der Waals surface area contributed by atoms with Crippen molar-refractivity contribution >= 4 is 11.3 Å². The van der Waals surface area contributed by atoms with Gasteiger partial charge in [0.15, 0.2) is 0 Å². The van der Waals surface area contributed by atoms with Gasteiger partial charge >= 0.3 is 0 Å². The van der Waals surface area contributed by atoms with E-state index >= 15 is 0 Å². The summed E-state index contributed by atoms with van der Waals surface area (Å²) < 4.78 is 0. The van der Waals surface area contributed by atoms with Gasteiger partial charge in [0, 0.05) is 11.3 Å². The SMILES string of the molecule is CC1CC2=CC3(C)CC(C)CC4(C3)Nc3ccccc3C(=C24)C1. The number of hydrogen-bond acceptors (Lipinski definition) is 1. The van der Waals surface area contributed by atoms with Crippen molar-refractivity contribution in [1.82, 2.24) is 0 Å². The van der Waals surface area contributed by atoms with E-state index in [4.69, 9.17) is 0 Å². The molecule has 23 heavy (non-hydrogen) atoms. The predicted octanol–water partition coefficient (Wildman–Crippen LogP) is 5.80. The maximum absolute atomic E-state index is 4.04. The van der Waals surface area contributed by atoms with Crippen LogP contribution in [-0.4, -0.2) is 5.54 Å². The third-order valence-electron chi connectivity index (χ3n) is 6.59. The van der Waals surface area contributed by atoms with E-state index in [2.05, 4.69) is 56.4 Å². The molecule has 4 atom stereocenters. The average molecular weight is 305 g/mol. The standard InChI is InChI=1S/C22H27N/c1-14-8-16-12-21(3)10-15(2)11-22(13-21)20(16)18(9-14)17-6-4-5-7-19(17)23-22/h4-7,12,14-15,23H,8-11,13H2,1-3H3. The van der Waals surface area contributed by atoms with E-state index in [-0.39, 0.29) is 5.54 Å². The van der Waals surface area contributed by atoms with Crippen LogP contribution in [0.3, 0.4) is 0 Å². The van der Waals surface area contributed by atoms with Crippen molar-refractivity contribution in [2.45, 2.75) is 58.4 Å². The fraction of sp³-hybridized carbons (Fsp3) is 0.545. The second-order valence-corrected chi connectivity index (χ2v) is 9.13. The minimum absolute atomic E-state index is 0.195. The topological polar surface area (TPSA) is 12.0 Å². The zero-order valence-corrected chi connectivity index (χ0v) is 14.6. The maximum atomic E-state index is 4.04. The van der Waals surface area contributed by atoms with Crippen molar-refractivity contribution in [2.75, 3.05) is 5.32 Å². The number of hydrogen-bond donors (Lipinski definition) is 1. The Hall–Kier alpha value is -1.50. The van der Waals surface area contributed by atoms with Crippen LogP contribution in [0, 0.1) is 17.3 Å². The molecule has 0 aromatic heterocycles. The Morgan fingerprint density at radius 1 is 1.04 bits per heavy atom. The lowest BCUT2D eigenvalue weighted by Crippen LogP contribution is -2.54. The molecule has 0 radical (unpaired) electrons. The molecule has 1 aromatic carbocycles. The molecule has 0 saturated heterocycles. The molecule has 4 aliphatic rings. The molecule has 1 aromatic rings. The Kier molecular flexibility index (Phi) is 2.61. The lowest BCUT2D eigenvalue weighted by atomic mass is 9.52. The van der Waals surface area contributed by atoms with Crippen molar-refractivity contribution in [1.29, 1.82) is 0 Å². The van der Waals surface area contributed by atoms with Crippen molar-refractivity contribution in [3.8, 4) is 0 Å². The Bertz CT molecular complexity index is 755. The van der Waals surface area contributed by atoms with Crippen molar-refractivity contribution in [2.24, 2.45) is 17.3 Å². The lowest BCUT2D eigenvalue weighted by Gasteiger charge is -2.57. The van der Waals surface area contributed by atoms with Gasteiger partial charge in [-0.1, -0.05) is 45.0 Å². The zero-order valence-electron chi connectivity index (χ0n) is 14.6. The molecule has 2 bridgehead atoms. The van der Waals surface area contributed by atoms with Crippen molar-refractivity contribution in [3.05, 3.63) is 47.1 Å². The number of para-hydroxylation sites is 1. The second-order valence-electron chi connectivity index (χ2n) is 9.13. The number of benzene rings is 1. The van der Waals surface area contributed by atoms with Gasteiger partial charge in [-0.2, -0.15) is 0 Å². The Morgan fingerprint density at radius 2 is 1.87 bits per heavy atom. The van der Waals surface area contributed by atoms with E-state index in [1.165, 1.54) is 43.4 Å². The second kappa shape index (κ2) is 4.32.